The highest BCUT2D eigenvalue weighted by Gasteiger charge is 2.25. The van der Waals surface area contributed by atoms with Crippen LogP contribution in [0.1, 0.15) is 41.3 Å². The van der Waals surface area contributed by atoms with Gasteiger partial charge in [-0.2, -0.15) is 0 Å². The summed E-state index contributed by atoms with van der Waals surface area (Å²) in [5.41, 5.74) is 1.07. The first-order valence-corrected chi connectivity index (χ1v) is 9.22. The number of ketones is 1. The molecule has 23 heavy (non-hydrogen) atoms. The Morgan fingerprint density at radius 2 is 1.78 bits per heavy atom. The van der Waals surface area contributed by atoms with Crippen LogP contribution in [0.4, 0.5) is 0 Å². The van der Waals surface area contributed by atoms with E-state index in [2.05, 4.69) is 0 Å². The number of hydrogen-bond acceptors (Lipinski definition) is 3. The predicted molar refractivity (Wildman–Crippen MR) is 91.3 cm³/mol. The highest BCUT2D eigenvalue weighted by Crippen LogP contribution is 2.30. The van der Waals surface area contributed by atoms with Gasteiger partial charge >= 0.3 is 0 Å². The summed E-state index contributed by atoms with van der Waals surface area (Å²) in [5, 5.41) is 5.35. The number of nitrogens with two attached hydrogens (primary N) is 1. The Balaban J connectivity index is 2.60. The zero-order valence-electron chi connectivity index (χ0n) is 12.8. The van der Waals surface area contributed by atoms with Crippen LogP contribution in [0, 0.1) is 0 Å². The van der Waals surface area contributed by atoms with Gasteiger partial charge in [0.05, 0.1) is 5.02 Å². The van der Waals surface area contributed by atoms with Crippen molar-refractivity contribution in [3.63, 3.8) is 0 Å². The van der Waals surface area contributed by atoms with Gasteiger partial charge in [0, 0.05) is 11.1 Å². The molecule has 0 aliphatic heterocycles. The molecule has 0 amide bonds. The third-order valence-corrected chi connectivity index (χ3v) is 5.08. The Bertz CT molecular complexity index is 817. The molecule has 0 atom stereocenters. The second kappa shape index (κ2) is 7.25. The van der Waals surface area contributed by atoms with Gasteiger partial charge in [-0.05, 0) is 24.5 Å². The molecule has 0 aliphatic carbocycles. The fourth-order valence-corrected chi connectivity index (χ4v) is 3.79. The van der Waals surface area contributed by atoms with Gasteiger partial charge in [-0.3, -0.25) is 4.79 Å². The van der Waals surface area contributed by atoms with Crippen molar-refractivity contribution in [3.05, 3.63) is 64.2 Å². The van der Waals surface area contributed by atoms with Crippen LogP contribution in [0.3, 0.4) is 0 Å². The van der Waals surface area contributed by atoms with Crippen LogP contribution in [-0.2, 0) is 16.4 Å². The van der Waals surface area contributed by atoms with E-state index in [-0.39, 0.29) is 15.5 Å². The highest BCUT2D eigenvalue weighted by atomic mass is 35.5. The molecule has 0 saturated heterocycles. The maximum atomic E-state index is 12.6. The van der Waals surface area contributed by atoms with Gasteiger partial charge in [0.1, 0.15) is 4.90 Å². The highest BCUT2D eigenvalue weighted by molar-refractivity contribution is 7.89. The smallest absolute Gasteiger partial charge is 0.240 e. The molecule has 0 fully saturated rings. The SMILES string of the molecule is CCCCc1ccc(C(=O)c2ccccc2)c(S(N)(=O)=O)c1Cl. The van der Waals surface area contributed by atoms with Crippen LogP contribution in [0.15, 0.2) is 47.4 Å². The van der Waals surface area contributed by atoms with Crippen molar-refractivity contribution in [2.75, 3.05) is 0 Å². The lowest BCUT2D eigenvalue weighted by atomic mass is 10.00. The molecule has 122 valence electrons. The number of carbonyl (C=O) groups excluding carboxylic acids is 1. The van der Waals surface area contributed by atoms with E-state index < -0.39 is 15.8 Å². The molecule has 4 nitrogen and oxygen atoms in total. The normalized spacial score (nSPS) is 11.4. The lowest BCUT2D eigenvalue weighted by Gasteiger charge is -2.13. The van der Waals surface area contributed by atoms with Crippen molar-refractivity contribution >= 4 is 27.4 Å². The molecule has 0 spiro atoms. The first kappa shape index (κ1) is 17.7. The van der Waals surface area contributed by atoms with Crippen LogP contribution >= 0.6 is 11.6 Å². The van der Waals surface area contributed by atoms with Crippen LogP contribution in [0.25, 0.3) is 0 Å². The second-order valence-corrected chi connectivity index (χ2v) is 7.14. The van der Waals surface area contributed by atoms with E-state index in [0.717, 1.165) is 12.8 Å². The van der Waals surface area contributed by atoms with Crippen molar-refractivity contribution in [2.45, 2.75) is 31.1 Å². The fraction of sp³-hybridized carbons (Fsp3) is 0.235. The van der Waals surface area contributed by atoms with E-state index in [1.807, 2.05) is 6.92 Å². The molecule has 0 heterocycles. The predicted octanol–water partition coefficient (Wildman–Crippen LogP) is 3.56. The Labute approximate surface area is 141 Å². The number of rotatable bonds is 6. The molecule has 6 heteroatoms. The number of primary sulfonamides is 1. The van der Waals surface area contributed by atoms with E-state index >= 15 is 0 Å². The van der Waals surface area contributed by atoms with E-state index in [9.17, 15) is 13.2 Å². The molecule has 2 N–H and O–H groups in total. The molecule has 0 aliphatic rings. The maximum Gasteiger partial charge on any atom is 0.240 e. The van der Waals surface area contributed by atoms with E-state index in [1.165, 1.54) is 6.07 Å². The largest absolute Gasteiger partial charge is 0.289 e. The minimum absolute atomic E-state index is 0.00366. The summed E-state index contributed by atoms with van der Waals surface area (Å²) in [6.45, 7) is 2.03. The van der Waals surface area contributed by atoms with E-state index in [1.54, 1.807) is 36.4 Å². The first-order valence-electron chi connectivity index (χ1n) is 7.30. The number of halogens is 1. The molecule has 0 radical (unpaired) electrons. The molecular weight excluding hydrogens is 334 g/mol. The summed E-state index contributed by atoms with van der Waals surface area (Å²) < 4.78 is 24.0. The van der Waals surface area contributed by atoms with Gasteiger partial charge in [-0.25, -0.2) is 13.6 Å². The lowest BCUT2D eigenvalue weighted by Crippen LogP contribution is -2.18. The van der Waals surface area contributed by atoms with Crippen molar-refractivity contribution in [1.29, 1.82) is 0 Å². The van der Waals surface area contributed by atoms with E-state index in [0.29, 0.717) is 17.5 Å². The molecule has 0 bridgehead atoms. The lowest BCUT2D eigenvalue weighted by molar-refractivity contribution is 0.103. The van der Waals surface area contributed by atoms with Gasteiger partial charge in [-0.1, -0.05) is 61.3 Å². The topological polar surface area (TPSA) is 77.2 Å². The van der Waals surface area contributed by atoms with Gasteiger partial charge < -0.3 is 0 Å². The Kier molecular flexibility index (Phi) is 5.57. The van der Waals surface area contributed by atoms with Crippen molar-refractivity contribution < 1.29 is 13.2 Å². The third kappa shape index (κ3) is 3.99. The summed E-state index contributed by atoms with van der Waals surface area (Å²) >= 11 is 6.25. The average molecular weight is 352 g/mol. The molecule has 0 saturated carbocycles. The summed E-state index contributed by atoms with van der Waals surface area (Å²) in [5.74, 6) is -0.418. The number of sulfonamides is 1. The molecular formula is C17H18ClNO3S. The number of benzene rings is 2. The van der Waals surface area contributed by atoms with Crippen LogP contribution in [0.5, 0.6) is 0 Å². The molecule has 2 aromatic rings. The summed E-state index contributed by atoms with van der Waals surface area (Å²) in [4.78, 5) is 12.3. The molecule has 2 aromatic carbocycles. The second-order valence-electron chi connectivity index (χ2n) is 5.26. The van der Waals surface area contributed by atoms with E-state index in [4.69, 9.17) is 16.7 Å². The van der Waals surface area contributed by atoms with Crippen LogP contribution in [-0.4, -0.2) is 14.2 Å². The quantitative estimate of drug-likeness (QED) is 0.808. The van der Waals surface area contributed by atoms with Crippen molar-refractivity contribution in [2.24, 2.45) is 5.14 Å². The minimum atomic E-state index is -4.12. The first-order chi connectivity index (χ1) is 10.9. The van der Waals surface area contributed by atoms with Crippen molar-refractivity contribution in [3.8, 4) is 0 Å². The zero-order valence-corrected chi connectivity index (χ0v) is 14.3. The fourth-order valence-electron chi connectivity index (χ4n) is 2.36. The average Bonchev–Trinajstić information content (AvgIpc) is 2.52. The van der Waals surface area contributed by atoms with Gasteiger partial charge in [0.25, 0.3) is 0 Å². The molecule has 2 rings (SSSR count). The summed E-state index contributed by atoms with van der Waals surface area (Å²) in [6.07, 6.45) is 2.46. The standard InChI is InChI=1S/C17H18ClNO3S/c1-2-3-7-12-10-11-14(17(15(12)18)23(19,21)22)16(20)13-8-5-4-6-9-13/h4-6,8-11H,2-3,7H2,1H3,(H2,19,21,22). The van der Waals surface area contributed by atoms with Gasteiger partial charge in [0.2, 0.25) is 10.0 Å². The summed E-state index contributed by atoms with van der Waals surface area (Å²) in [7, 11) is -4.12. The Morgan fingerprint density at radius 3 is 2.35 bits per heavy atom. The Morgan fingerprint density at radius 1 is 1.13 bits per heavy atom. The number of aryl methyl sites for hydroxylation is 1. The van der Waals surface area contributed by atoms with Crippen molar-refractivity contribution in [1.82, 2.24) is 0 Å². The summed E-state index contributed by atoms with van der Waals surface area (Å²) in [6, 6.07) is 11.6. The van der Waals surface area contributed by atoms with Crippen LogP contribution < -0.4 is 5.14 Å². The maximum absolute atomic E-state index is 12.6. The monoisotopic (exact) mass is 351 g/mol. The number of hydrogen-bond donors (Lipinski definition) is 1. The van der Waals surface area contributed by atoms with Gasteiger partial charge in [-0.15, -0.1) is 0 Å². The van der Waals surface area contributed by atoms with Gasteiger partial charge in [0.15, 0.2) is 5.78 Å². The number of unbranched alkanes of at least 4 members (excludes halogenated alkanes) is 1. The number of carbonyl (C=O) groups is 1. The molecule has 0 unspecified atom stereocenters. The third-order valence-electron chi connectivity index (χ3n) is 3.54. The zero-order chi connectivity index (χ0) is 17.0. The molecule has 0 aromatic heterocycles. The minimum Gasteiger partial charge on any atom is -0.289 e. The van der Waals surface area contributed by atoms with Crippen LogP contribution in [0.2, 0.25) is 5.02 Å². The Hall–Kier alpha value is -1.69.